The first kappa shape index (κ1) is 13.0. The standard InChI is InChI=1S/C10H9F2NO4/c11-6-3-1-2-5(8(6)12)9(15)13-7(4-14)10(16)17/h1-3,7,14H,4H2,(H,13,15)(H,16,17)/t7-/m0/s1. The molecule has 0 fully saturated rings. The van der Waals surface area contributed by atoms with Gasteiger partial charge in [-0.15, -0.1) is 0 Å². The van der Waals surface area contributed by atoms with Crippen molar-refractivity contribution in [3.05, 3.63) is 35.4 Å². The summed E-state index contributed by atoms with van der Waals surface area (Å²) in [6.07, 6.45) is 0. The summed E-state index contributed by atoms with van der Waals surface area (Å²) in [4.78, 5) is 21.9. The number of hydrogen-bond donors (Lipinski definition) is 3. The number of carbonyl (C=O) groups is 2. The van der Waals surface area contributed by atoms with Crippen molar-refractivity contribution in [1.82, 2.24) is 5.32 Å². The smallest absolute Gasteiger partial charge is 0.328 e. The number of carbonyl (C=O) groups excluding carboxylic acids is 1. The Labute approximate surface area is 94.7 Å². The maximum Gasteiger partial charge on any atom is 0.328 e. The van der Waals surface area contributed by atoms with Crippen LogP contribution in [0.15, 0.2) is 18.2 Å². The van der Waals surface area contributed by atoms with Crippen molar-refractivity contribution in [3.63, 3.8) is 0 Å². The number of rotatable bonds is 4. The number of aliphatic hydroxyl groups is 1. The first-order valence-corrected chi connectivity index (χ1v) is 4.56. The molecule has 0 saturated heterocycles. The number of carboxylic acids is 1. The third-order valence-corrected chi connectivity index (χ3v) is 1.98. The largest absolute Gasteiger partial charge is 0.480 e. The molecule has 0 unspecified atom stereocenters. The van der Waals surface area contributed by atoms with Gasteiger partial charge in [-0.25, -0.2) is 13.6 Å². The first-order chi connectivity index (χ1) is 7.97. The van der Waals surface area contributed by atoms with Crippen molar-refractivity contribution >= 4 is 11.9 Å². The van der Waals surface area contributed by atoms with Crippen molar-refractivity contribution in [1.29, 1.82) is 0 Å². The second-order valence-electron chi connectivity index (χ2n) is 3.15. The highest BCUT2D eigenvalue weighted by Crippen LogP contribution is 2.11. The molecule has 0 spiro atoms. The topological polar surface area (TPSA) is 86.6 Å². The molecule has 5 nitrogen and oxygen atoms in total. The number of aliphatic carboxylic acids is 1. The van der Waals surface area contributed by atoms with E-state index in [-0.39, 0.29) is 0 Å². The molecule has 0 aromatic heterocycles. The minimum Gasteiger partial charge on any atom is -0.480 e. The summed E-state index contributed by atoms with van der Waals surface area (Å²) in [5.41, 5.74) is -0.621. The van der Waals surface area contributed by atoms with Gasteiger partial charge in [0.2, 0.25) is 0 Å². The van der Waals surface area contributed by atoms with Crippen LogP contribution in [0.5, 0.6) is 0 Å². The molecule has 0 aliphatic rings. The van der Waals surface area contributed by atoms with E-state index in [1.807, 2.05) is 5.32 Å². The third kappa shape index (κ3) is 2.97. The summed E-state index contributed by atoms with van der Waals surface area (Å²) in [6, 6.07) is 1.38. The number of nitrogens with one attached hydrogen (secondary N) is 1. The van der Waals surface area contributed by atoms with Gasteiger partial charge in [0.05, 0.1) is 12.2 Å². The molecule has 0 saturated carbocycles. The van der Waals surface area contributed by atoms with Crippen LogP contribution in [-0.2, 0) is 4.79 Å². The van der Waals surface area contributed by atoms with Crippen LogP contribution < -0.4 is 5.32 Å². The van der Waals surface area contributed by atoms with E-state index in [1.54, 1.807) is 0 Å². The Hall–Kier alpha value is -2.02. The van der Waals surface area contributed by atoms with Crippen LogP contribution in [0.3, 0.4) is 0 Å². The van der Waals surface area contributed by atoms with E-state index in [0.717, 1.165) is 18.2 Å². The van der Waals surface area contributed by atoms with Crippen molar-refractivity contribution in [2.75, 3.05) is 6.61 Å². The number of hydrogen-bond acceptors (Lipinski definition) is 3. The van der Waals surface area contributed by atoms with Crippen LogP contribution >= 0.6 is 0 Å². The van der Waals surface area contributed by atoms with Gasteiger partial charge in [0.1, 0.15) is 0 Å². The Kier molecular flexibility index (Phi) is 4.11. The lowest BCUT2D eigenvalue weighted by Gasteiger charge is -2.11. The first-order valence-electron chi connectivity index (χ1n) is 4.56. The predicted octanol–water partition coefficient (Wildman–Crippen LogP) is 0.140. The van der Waals surface area contributed by atoms with Gasteiger partial charge >= 0.3 is 5.97 Å². The fraction of sp³-hybridized carbons (Fsp3) is 0.200. The van der Waals surface area contributed by atoms with Crippen LogP contribution in [0.2, 0.25) is 0 Å². The van der Waals surface area contributed by atoms with Gasteiger partial charge in [0.15, 0.2) is 17.7 Å². The third-order valence-electron chi connectivity index (χ3n) is 1.98. The Balaban J connectivity index is 2.90. The molecular formula is C10H9F2NO4. The van der Waals surface area contributed by atoms with Crippen LogP contribution in [0.25, 0.3) is 0 Å². The second-order valence-corrected chi connectivity index (χ2v) is 3.15. The summed E-state index contributed by atoms with van der Waals surface area (Å²) in [7, 11) is 0. The summed E-state index contributed by atoms with van der Waals surface area (Å²) >= 11 is 0. The molecule has 1 amide bonds. The fourth-order valence-corrected chi connectivity index (χ4v) is 1.10. The Morgan fingerprint density at radius 2 is 2.00 bits per heavy atom. The molecule has 7 heteroatoms. The summed E-state index contributed by atoms with van der Waals surface area (Å²) < 4.78 is 26.0. The summed E-state index contributed by atoms with van der Waals surface area (Å²) in [6.45, 7) is -0.849. The van der Waals surface area contributed by atoms with Crippen molar-refractivity contribution in [2.45, 2.75) is 6.04 Å². The number of amides is 1. The average Bonchev–Trinajstić information content (AvgIpc) is 2.28. The van der Waals surface area contributed by atoms with Gasteiger partial charge in [0.25, 0.3) is 5.91 Å². The lowest BCUT2D eigenvalue weighted by molar-refractivity contribution is -0.140. The van der Waals surface area contributed by atoms with Gasteiger partial charge in [-0.2, -0.15) is 0 Å². The van der Waals surface area contributed by atoms with E-state index < -0.39 is 41.7 Å². The van der Waals surface area contributed by atoms with Crippen molar-refractivity contribution in [2.24, 2.45) is 0 Å². The van der Waals surface area contributed by atoms with E-state index in [2.05, 4.69) is 0 Å². The maximum absolute atomic E-state index is 13.2. The predicted molar refractivity (Wildman–Crippen MR) is 52.3 cm³/mol. The zero-order valence-corrected chi connectivity index (χ0v) is 8.48. The van der Waals surface area contributed by atoms with Crippen LogP contribution in [0.4, 0.5) is 8.78 Å². The maximum atomic E-state index is 13.2. The zero-order valence-electron chi connectivity index (χ0n) is 8.48. The molecule has 17 heavy (non-hydrogen) atoms. The Morgan fingerprint density at radius 3 is 2.53 bits per heavy atom. The van der Waals surface area contributed by atoms with Crippen LogP contribution in [0, 0.1) is 11.6 Å². The Morgan fingerprint density at radius 1 is 1.35 bits per heavy atom. The highest BCUT2D eigenvalue weighted by atomic mass is 19.2. The van der Waals surface area contributed by atoms with Crippen LogP contribution in [0.1, 0.15) is 10.4 Å². The molecule has 1 atom stereocenters. The molecule has 0 heterocycles. The van der Waals surface area contributed by atoms with Gasteiger partial charge in [-0.3, -0.25) is 4.79 Å². The Bertz CT molecular complexity index is 450. The monoisotopic (exact) mass is 245 g/mol. The molecule has 0 aliphatic carbocycles. The lowest BCUT2D eigenvalue weighted by atomic mass is 10.1. The highest BCUT2D eigenvalue weighted by molar-refractivity contribution is 5.96. The van der Waals surface area contributed by atoms with Gasteiger partial charge in [-0.05, 0) is 12.1 Å². The number of carboxylic acid groups (broad SMARTS) is 1. The van der Waals surface area contributed by atoms with E-state index >= 15 is 0 Å². The van der Waals surface area contributed by atoms with Gasteiger partial charge in [0, 0.05) is 0 Å². The second kappa shape index (κ2) is 5.35. The molecule has 0 radical (unpaired) electrons. The van der Waals surface area contributed by atoms with Crippen LogP contribution in [-0.4, -0.2) is 34.7 Å². The lowest BCUT2D eigenvalue weighted by Crippen LogP contribution is -2.43. The molecule has 1 aromatic carbocycles. The quantitative estimate of drug-likeness (QED) is 0.704. The number of aliphatic hydroxyl groups excluding tert-OH is 1. The molecule has 0 aliphatic heterocycles. The highest BCUT2D eigenvalue weighted by Gasteiger charge is 2.22. The van der Waals surface area contributed by atoms with E-state index in [0.29, 0.717) is 0 Å². The van der Waals surface area contributed by atoms with E-state index in [1.165, 1.54) is 0 Å². The molecule has 1 rings (SSSR count). The van der Waals surface area contributed by atoms with Gasteiger partial charge in [-0.1, -0.05) is 6.07 Å². The number of halogens is 2. The minimum absolute atomic E-state index is 0.621. The summed E-state index contributed by atoms with van der Waals surface area (Å²) in [5, 5.41) is 19.1. The molecule has 92 valence electrons. The normalized spacial score (nSPS) is 11.9. The van der Waals surface area contributed by atoms with Gasteiger partial charge < -0.3 is 15.5 Å². The van der Waals surface area contributed by atoms with Crippen molar-refractivity contribution in [3.8, 4) is 0 Å². The average molecular weight is 245 g/mol. The molecule has 1 aromatic rings. The fourth-order valence-electron chi connectivity index (χ4n) is 1.10. The SMILES string of the molecule is O=C(N[C@@H](CO)C(=O)O)c1cccc(F)c1F. The van der Waals surface area contributed by atoms with E-state index in [9.17, 15) is 18.4 Å². The van der Waals surface area contributed by atoms with Crippen molar-refractivity contribution < 1.29 is 28.6 Å². The summed E-state index contributed by atoms with van der Waals surface area (Å²) in [5.74, 6) is -5.17. The molecule has 0 bridgehead atoms. The molecular weight excluding hydrogens is 236 g/mol. The zero-order chi connectivity index (χ0) is 13.0. The van der Waals surface area contributed by atoms with E-state index in [4.69, 9.17) is 10.2 Å². The minimum atomic E-state index is -1.56. The number of benzene rings is 1. The molecule has 3 N–H and O–H groups in total.